The van der Waals surface area contributed by atoms with Crippen LogP contribution >= 0.6 is 0 Å². The summed E-state index contributed by atoms with van der Waals surface area (Å²) in [7, 11) is 2.07. The lowest BCUT2D eigenvalue weighted by atomic mass is 9.78. The van der Waals surface area contributed by atoms with E-state index in [9.17, 15) is 4.79 Å². The molecule has 110 valence electrons. The standard InChI is InChI=1S/C18H17N3O/c1-10-19-13-9-21(10)17(13)12-7-8-15-16(18(12)22)11-5-3-4-6-14(11)20(15)2/h3-6,9,12,17H,7-8H2,1-2H3. The minimum Gasteiger partial charge on any atom is -0.347 e. The van der Waals surface area contributed by atoms with Crippen molar-refractivity contribution in [1.82, 2.24) is 14.1 Å². The Morgan fingerprint density at radius 2 is 2.09 bits per heavy atom. The Kier molecular flexibility index (Phi) is 2.16. The van der Waals surface area contributed by atoms with Gasteiger partial charge in [-0.05, 0) is 25.8 Å². The van der Waals surface area contributed by atoms with Crippen LogP contribution in [0.1, 0.15) is 40.0 Å². The fourth-order valence-electron chi connectivity index (χ4n) is 4.32. The molecule has 1 aliphatic carbocycles. The smallest absolute Gasteiger partial charge is 0.170 e. The van der Waals surface area contributed by atoms with Crippen LogP contribution in [-0.2, 0) is 13.5 Å². The number of carbonyl (C=O) groups excluding carboxylic acids is 1. The van der Waals surface area contributed by atoms with Gasteiger partial charge in [0.05, 0.1) is 11.7 Å². The van der Waals surface area contributed by atoms with Gasteiger partial charge in [0.25, 0.3) is 0 Å². The zero-order chi connectivity index (χ0) is 15.0. The van der Waals surface area contributed by atoms with Gasteiger partial charge in [-0.15, -0.1) is 0 Å². The summed E-state index contributed by atoms with van der Waals surface area (Å²) in [5.41, 5.74) is 4.38. The number of hydrogen-bond donors (Lipinski definition) is 0. The zero-order valence-electron chi connectivity index (χ0n) is 12.7. The number of Topliss-reactive ketones (excluding diaryl/α,β-unsaturated/α-hetero) is 1. The van der Waals surface area contributed by atoms with Gasteiger partial charge in [-0.2, -0.15) is 0 Å². The van der Waals surface area contributed by atoms with E-state index < -0.39 is 0 Å². The summed E-state index contributed by atoms with van der Waals surface area (Å²) >= 11 is 0. The van der Waals surface area contributed by atoms with Crippen LogP contribution < -0.4 is 0 Å². The van der Waals surface area contributed by atoms with Crippen LogP contribution in [-0.4, -0.2) is 19.9 Å². The van der Waals surface area contributed by atoms with Gasteiger partial charge in [-0.25, -0.2) is 4.98 Å². The average molecular weight is 291 g/mol. The average Bonchev–Trinajstić information content (AvgIpc) is 3.12. The molecule has 22 heavy (non-hydrogen) atoms. The number of rotatable bonds is 1. The van der Waals surface area contributed by atoms with E-state index in [1.165, 1.54) is 5.69 Å². The van der Waals surface area contributed by atoms with Crippen LogP contribution in [0.3, 0.4) is 0 Å². The lowest BCUT2D eigenvalue weighted by molar-refractivity contribution is 0.0862. The molecule has 0 saturated carbocycles. The number of benzene rings is 1. The highest BCUT2D eigenvalue weighted by molar-refractivity contribution is 6.11. The van der Waals surface area contributed by atoms with Crippen LogP contribution in [0.15, 0.2) is 30.5 Å². The van der Waals surface area contributed by atoms with Gasteiger partial charge in [0.2, 0.25) is 0 Å². The number of aryl methyl sites for hydroxylation is 2. The minimum absolute atomic E-state index is 0.0412. The molecule has 2 unspecified atom stereocenters. The second-order valence-corrected chi connectivity index (χ2v) is 6.47. The fraction of sp³-hybridized carbons (Fsp3) is 0.333. The maximum atomic E-state index is 13.2. The fourth-order valence-corrected chi connectivity index (χ4v) is 4.32. The molecular formula is C18H17N3O. The third-order valence-electron chi connectivity index (χ3n) is 5.42. The largest absolute Gasteiger partial charge is 0.347 e. The molecule has 2 aromatic heterocycles. The molecule has 6 rings (SSSR count). The summed E-state index contributed by atoms with van der Waals surface area (Å²) in [5.74, 6) is 1.36. The molecule has 0 N–H and O–H groups in total. The Morgan fingerprint density at radius 3 is 2.82 bits per heavy atom. The molecule has 0 radical (unpaired) electrons. The number of ketones is 1. The van der Waals surface area contributed by atoms with Gasteiger partial charge in [-0.3, -0.25) is 4.79 Å². The Bertz CT molecular complexity index is 947. The quantitative estimate of drug-likeness (QED) is 0.691. The zero-order valence-corrected chi connectivity index (χ0v) is 12.7. The van der Waals surface area contributed by atoms with Crippen LogP contribution in [0, 0.1) is 12.8 Å². The van der Waals surface area contributed by atoms with Crippen molar-refractivity contribution in [3.8, 4) is 0 Å². The first-order chi connectivity index (χ1) is 10.7. The highest BCUT2D eigenvalue weighted by atomic mass is 16.1. The van der Waals surface area contributed by atoms with Crippen molar-refractivity contribution >= 4 is 16.7 Å². The maximum Gasteiger partial charge on any atom is 0.170 e. The van der Waals surface area contributed by atoms with Crippen LogP contribution in [0.5, 0.6) is 0 Å². The summed E-state index contributed by atoms with van der Waals surface area (Å²) in [4.78, 5) is 17.7. The number of nitrogens with zero attached hydrogens (tertiary/aromatic N) is 3. The van der Waals surface area contributed by atoms with Crippen LogP contribution in [0.25, 0.3) is 10.9 Å². The van der Waals surface area contributed by atoms with Gasteiger partial charge >= 0.3 is 0 Å². The summed E-state index contributed by atoms with van der Waals surface area (Å²) in [5, 5.41) is 1.10. The molecule has 3 aliphatic rings. The van der Waals surface area contributed by atoms with Crippen molar-refractivity contribution in [2.24, 2.45) is 13.0 Å². The normalized spacial score (nSPS) is 22.7. The summed E-state index contributed by atoms with van der Waals surface area (Å²) in [6, 6.07) is 8.41. The predicted molar refractivity (Wildman–Crippen MR) is 84.2 cm³/mol. The van der Waals surface area contributed by atoms with Gasteiger partial charge in [0.15, 0.2) is 5.78 Å². The number of aromatic nitrogens is 3. The first-order valence-electron chi connectivity index (χ1n) is 7.82. The van der Waals surface area contributed by atoms with E-state index in [-0.39, 0.29) is 12.0 Å². The Labute approximate surface area is 128 Å². The topological polar surface area (TPSA) is 39.8 Å². The Morgan fingerprint density at radius 1 is 1.27 bits per heavy atom. The number of fused-ring (bicyclic) bond motifs is 4. The predicted octanol–water partition coefficient (Wildman–Crippen LogP) is 3.03. The SMILES string of the molecule is Cc1nc2cn1C2C1CCc2c(c3ccccc3n2C)C1=O. The molecule has 0 spiro atoms. The molecule has 0 fully saturated rings. The first kappa shape index (κ1) is 12.2. The number of imidazole rings is 1. The van der Waals surface area contributed by atoms with Gasteiger partial charge in [0, 0.05) is 41.3 Å². The molecule has 4 nitrogen and oxygen atoms in total. The van der Waals surface area contributed by atoms with E-state index >= 15 is 0 Å². The van der Waals surface area contributed by atoms with E-state index in [2.05, 4.69) is 39.5 Å². The molecular weight excluding hydrogens is 274 g/mol. The molecule has 2 bridgehead atoms. The third kappa shape index (κ3) is 1.29. The van der Waals surface area contributed by atoms with E-state index in [4.69, 9.17) is 0 Å². The van der Waals surface area contributed by atoms with E-state index in [0.717, 1.165) is 40.8 Å². The third-order valence-corrected chi connectivity index (χ3v) is 5.42. The molecule has 4 heteroatoms. The molecule has 4 heterocycles. The minimum atomic E-state index is 0.0412. The summed E-state index contributed by atoms with van der Waals surface area (Å²) < 4.78 is 4.35. The lowest BCUT2D eigenvalue weighted by Gasteiger charge is -2.32. The number of hydrogen-bond acceptors (Lipinski definition) is 2. The first-order valence-corrected chi connectivity index (χ1v) is 7.82. The highest BCUT2D eigenvalue weighted by Crippen LogP contribution is 2.44. The highest BCUT2D eigenvalue weighted by Gasteiger charge is 2.43. The molecule has 0 saturated heterocycles. The molecule has 1 aromatic carbocycles. The number of para-hydroxylation sites is 1. The molecule has 2 atom stereocenters. The molecule has 3 aromatic rings. The van der Waals surface area contributed by atoms with Crippen molar-refractivity contribution in [2.75, 3.05) is 0 Å². The Balaban J connectivity index is 1.65. The van der Waals surface area contributed by atoms with Crippen molar-refractivity contribution in [2.45, 2.75) is 25.8 Å². The van der Waals surface area contributed by atoms with Gasteiger partial charge < -0.3 is 9.13 Å². The van der Waals surface area contributed by atoms with Crippen molar-refractivity contribution in [3.05, 3.63) is 53.2 Å². The van der Waals surface area contributed by atoms with Crippen molar-refractivity contribution < 1.29 is 4.79 Å². The van der Waals surface area contributed by atoms with Crippen LogP contribution in [0.2, 0.25) is 0 Å². The summed E-state index contributed by atoms with van der Waals surface area (Å²) in [6.45, 7) is 2.01. The van der Waals surface area contributed by atoms with Gasteiger partial charge in [0.1, 0.15) is 5.82 Å². The van der Waals surface area contributed by atoms with Gasteiger partial charge in [-0.1, -0.05) is 18.2 Å². The lowest BCUT2D eigenvalue weighted by Crippen LogP contribution is -2.34. The van der Waals surface area contributed by atoms with Crippen molar-refractivity contribution in [3.63, 3.8) is 0 Å². The number of carbonyl (C=O) groups is 1. The van der Waals surface area contributed by atoms with E-state index in [1.807, 2.05) is 19.1 Å². The monoisotopic (exact) mass is 291 g/mol. The van der Waals surface area contributed by atoms with Crippen molar-refractivity contribution in [1.29, 1.82) is 0 Å². The molecule has 2 aliphatic heterocycles. The maximum absolute atomic E-state index is 13.2. The second-order valence-electron chi connectivity index (χ2n) is 6.47. The van der Waals surface area contributed by atoms with E-state index in [1.54, 1.807) is 0 Å². The Hall–Kier alpha value is -2.36. The summed E-state index contributed by atoms with van der Waals surface area (Å²) in [6.07, 6.45) is 3.94. The molecule has 0 amide bonds. The second kappa shape index (κ2) is 3.88. The van der Waals surface area contributed by atoms with E-state index in [0.29, 0.717) is 5.78 Å². The van der Waals surface area contributed by atoms with Crippen LogP contribution in [0.4, 0.5) is 0 Å².